The molecule has 2 amide bonds. The van der Waals surface area contributed by atoms with Crippen molar-refractivity contribution >= 4 is 38.3 Å². The van der Waals surface area contributed by atoms with Gasteiger partial charge in [-0.25, -0.2) is 8.42 Å². The molecule has 1 saturated carbocycles. The van der Waals surface area contributed by atoms with E-state index < -0.39 is 21.3 Å². The summed E-state index contributed by atoms with van der Waals surface area (Å²) in [5.74, 6) is 0.162. The van der Waals surface area contributed by atoms with Crippen molar-refractivity contribution in [3.8, 4) is 11.5 Å². The first-order valence-electron chi connectivity index (χ1n) is 14.1. The van der Waals surface area contributed by atoms with Crippen molar-refractivity contribution in [3.63, 3.8) is 0 Å². The number of carbonyl (C=O) groups is 2. The second-order valence-electron chi connectivity index (χ2n) is 10.6. The maximum Gasteiger partial charge on any atom is 0.262 e. The van der Waals surface area contributed by atoms with Crippen LogP contribution in [0.3, 0.4) is 0 Å². The lowest BCUT2D eigenvalue weighted by Gasteiger charge is -2.17. The molecule has 0 saturated heterocycles. The SMILES string of the molecule is CCOc1c2c(c(OCC)c3ccccc13)C(=O)N(c1ccc(CS(=O)(=O)NC(=O)C3(c4ccccc4)CC3)cc1)C2. The van der Waals surface area contributed by atoms with Gasteiger partial charge in [0, 0.05) is 22.0 Å². The maximum absolute atomic E-state index is 13.8. The number of nitrogens with zero attached hydrogens (tertiary/aromatic N) is 1. The Morgan fingerprint density at radius 1 is 0.857 bits per heavy atom. The molecule has 2 aliphatic rings. The molecule has 4 aromatic rings. The van der Waals surface area contributed by atoms with Crippen molar-refractivity contribution in [1.29, 1.82) is 0 Å². The number of ether oxygens (including phenoxy) is 2. The van der Waals surface area contributed by atoms with Crippen LogP contribution < -0.4 is 19.1 Å². The number of anilines is 1. The summed E-state index contributed by atoms with van der Waals surface area (Å²) >= 11 is 0. The van der Waals surface area contributed by atoms with Crippen molar-refractivity contribution in [3.05, 3.63) is 101 Å². The first-order valence-corrected chi connectivity index (χ1v) is 15.8. The van der Waals surface area contributed by atoms with E-state index in [-0.39, 0.29) is 11.7 Å². The molecule has 1 aliphatic carbocycles. The van der Waals surface area contributed by atoms with Gasteiger partial charge in [0.1, 0.15) is 11.5 Å². The first kappa shape index (κ1) is 27.8. The van der Waals surface area contributed by atoms with Crippen LogP contribution in [0.15, 0.2) is 78.9 Å². The summed E-state index contributed by atoms with van der Waals surface area (Å²) in [5, 5.41) is 1.71. The average Bonchev–Trinajstić information content (AvgIpc) is 3.74. The zero-order chi connectivity index (χ0) is 29.5. The second kappa shape index (κ2) is 10.8. The van der Waals surface area contributed by atoms with Crippen LogP contribution in [0, 0.1) is 0 Å². The van der Waals surface area contributed by atoms with Crippen LogP contribution in [0.1, 0.15) is 53.7 Å². The summed E-state index contributed by atoms with van der Waals surface area (Å²) in [6.45, 7) is 4.95. The molecular weight excluding hydrogens is 552 g/mol. The molecule has 42 heavy (non-hydrogen) atoms. The topological polar surface area (TPSA) is 102 Å². The third-order valence-corrected chi connectivity index (χ3v) is 9.15. The monoisotopic (exact) mass is 584 g/mol. The number of rotatable bonds is 10. The number of fused-ring (bicyclic) bond motifs is 2. The summed E-state index contributed by atoms with van der Waals surface area (Å²) in [6.07, 6.45) is 1.23. The van der Waals surface area contributed by atoms with Crippen LogP contribution in [-0.4, -0.2) is 33.4 Å². The zero-order valence-corrected chi connectivity index (χ0v) is 24.4. The van der Waals surface area contributed by atoms with E-state index in [4.69, 9.17) is 9.47 Å². The van der Waals surface area contributed by atoms with Gasteiger partial charge in [0.2, 0.25) is 15.9 Å². The number of hydrogen-bond acceptors (Lipinski definition) is 6. The van der Waals surface area contributed by atoms with Crippen molar-refractivity contribution in [2.45, 2.75) is 44.4 Å². The number of benzene rings is 4. The summed E-state index contributed by atoms with van der Waals surface area (Å²) in [4.78, 5) is 28.4. The molecule has 216 valence electrons. The zero-order valence-electron chi connectivity index (χ0n) is 23.6. The van der Waals surface area contributed by atoms with E-state index in [9.17, 15) is 18.0 Å². The lowest BCUT2D eigenvalue weighted by molar-refractivity contribution is -0.121. The largest absolute Gasteiger partial charge is 0.493 e. The Labute approximate surface area is 245 Å². The molecule has 6 rings (SSSR count). The third kappa shape index (κ3) is 4.87. The minimum Gasteiger partial charge on any atom is -0.493 e. The predicted molar refractivity (Wildman–Crippen MR) is 161 cm³/mol. The van der Waals surface area contributed by atoms with Crippen LogP contribution in [0.5, 0.6) is 11.5 Å². The van der Waals surface area contributed by atoms with Gasteiger partial charge in [-0.3, -0.25) is 14.3 Å². The molecule has 9 heteroatoms. The Morgan fingerprint density at radius 3 is 2.07 bits per heavy atom. The van der Waals surface area contributed by atoms with Crippen molar-refractivity contribution in [2.24, 2.45) is 0 Å². The molecule has 0 unspecified atom stereocenters. The van der Waals surface area contributed by atoms with Gasteiger partial charge >= 0.3 is 0 Å². The van der Waals surface area contributed by atoms with E-state index in [1.54, 1.807) is 29.2 Å². The Balaban J connectivity index is 1.23. The first-order chi connectivity index (χ1) is 20.3. The van der Waals surface area contributed by atoms with E-state index in [0.717, 1.165) is 21.9 Å². The van der Waals surface area contributed by atoms with Gasteiger partial charge in [-0.05, 0) is 49.9 Å². The molecule has 0 radical (unpaired) electrons. The van der Waals surface area contributed by atoms with Gasteiger partial charge in [0.05, 0.1) is 36.5 Å². The molecule has 1 fully saturated rings. The highest BCUT2D eigenvalue weighted by Crippen LogP contribution is 2.49. The van der Waals surface area contributed by atoms with Gasteiger partial charge in [-0.2, -0.15) is 0 Å². The summed E-state index contributed by atoms with van der Waals surface area (Å²) in [6, 6.07) is 23.8. The number of amides is 2. The Bertz CT molecular complexity index is 1780. The molecule has 1 heterocycles. The van der Waals surface area contributed by atoms with E-state index in [1.807, 2.05) is 68.4 Å². The summed E-state index contributed by atoms with van der Waals surface area (Å²) < 4.78 is 40.2. The van der Waals surface area contributed by atoms with Crippen molar-refractivity contribution in [1.82, 2.24) is 4.72 Å². The smallest absolute Gasteiger partial charge is 0.262 e. The maximum atomic E-state index is 13.8. The Hall–Kier alpha value is -4.37. The van der Waals surface area contributed by atoms with Gasteiger partial charge in [-0.15, -0.1) is 0 Å². The van der Waals surface area contributed by atoms with Crippen LogP contribution in [0.2, 0.25) is 0 Å². The van der Waals surface area contributed by atoms with Crippen molar-refractivity contribution in [2.75, 3.05) is 18.1 Å². The van der Waals surface area contributed by atoms with Gasteiger partial charge < -0.3 is 14.4 Å². The van der Waals surface area contributed by atoms with E-state index in [2.05, 4.69) is 4.72 Å². The average molecular weight is 585 g/mol. The van der Waals surface area contributed by atoms with Gasteiger partial charge in [0.25, 0.3) is 5.91 Å². The second-order valence-corrected chi connectivity index (χ2v) is 12.3. The number of sulfonamides is 1. The quantitative estimate of drug-likeness (QED) is 0.265. The molecule has 0 aromatic heterocycles. The highest BCUT2D eigenvalue weighted by atomic mass is 32.2. The van der Waals surface area contributed by atoms with Crippen LogP contribution in [0.25, 0.3) is 10.8 Å². The molecule has 4 aromatic carbocycles. The van der Waals surface area contributed by atoms with E-state index in [1.165, 1.54) is 0 Å². The fraction of sp³-hybridized carbons (Fsp3) is 0.273. The Morgan fingerprint density at radius 2 is 1.45 bits per heavy atom. The Kier molecular flexibility index (Phi) is 7.14. The minimum absolute atomic E-state index is 0.205. The number of hydrogen-bond donors (Lipinski definition) is 1. The predicted octanol–water partition coefficient (Wildman–Crippen LogP) is 5.48. The molecule has 0 atom stereocenters. The molecule has 0 spiro atoms. The summed E-state index contributed by atoms with van der Waals surface area (Å²) in [7, 11) is -3.93. The van der Waals surface area contributed by atoms with Gasteiger partial charge in [-0.1, -0.05) is 66.7 Å². The van der Waals surface area contributed by atoms with Crippen LogP contribution >= 0.6 is 0 Å². The fourth-order valence-electron chi connectivity index (χ4n) is 5.78. The standard InChI is InChI=1S/C33H32N2O6S/c1-3-40-29-25-12-8-9-13-26(25)30(41-4-2)28-27(29)20-35(31(28)36)24-16-14-22(15-17-24)21-42(38,39)34-32(37)33(18-19-33)23-10-6-5-7-11-23/h5-17H,3-4,18-21H2,1-2H3,(H,34,37). The summed E-state index contributed by atoms with van der Waals surface area (Å²) in [5.41, 5.74) is 2.42. The number of nitrogens with one attached hydrogen (secondary N) is 1. The lowest BCUT2D eigenvalue weighted by atomic mass is 9.96. The van der Waals surface area contributed by atoms with Crippen LogP contribution in [-0.2, 0) is 32.5 Å². The third-order valence-electron chi connectivity index (χ3n) is 7.94. The highest BCUT2D eigenvalue weighted by molar-refractivity contribution is 7.89. The van der Waals surface area contributed by atoms with E-state index >= 15 is 0 Å². The number of carbonyl (C=O) groups excluding carboxylic acids is 2. The normalized spacial score (nSPS) is 15.4. The highest BCUT2D eigenvalue weighted by Gasteiger charge is 2.52. The molecule has 1 N–H and O–H groups in total. The molecule has 8 nitrogen and oxygen atoms in total. The van der Waals surface area contributed by atoms with Gasteiger partial charge in [0.15, 0.2) is 0 Å². The molecule has 0 bridgehead atoms. The van der Waals surface area contributed by atoms with Crippen molar-refractivity contribution < 1.29 is 27.5 Å². The molecular formula is C33H32N2O6S. The van der Waals surface area contributed by atoms with E-state index in [0.29, 0.717) is 60.9 Å². The molecule has 1 aliphatic heterocycles. The lowest BCUT2D eigenvalue weighted by Crippen LogP contribution is -2.39. The fourth-order valence-corrected chi connectivity index (χ4v) is 6.96. The van der Waals surface area contributed by atoms with Crippen LogP contribution in [0.4, 0.5) is 5.69 Å². The minimum atomic E-state index is -3.93.